The molecule has 33 heavy (non-hydrogen) atoms. The van der Waals surface area contributed by atoms with Crippen LogP contribution in [0.2, 0.25) is 25.7 Å². The summed E-state index contributed by atoms with van der Waals surface area (Å²) < 4.78 is 5.22. The largest absolute Gasteiger partial charge is 0.466 e. The first kappa shape index (κ1) is 30.2. The number of amides is 3. The molecule has 2 unspecified atom stereocenters. The maximum Gasteiger partial charge on any atom is 0.308 e. The van der Waals surface area contributed by atoms with Gasteiger partial charge in [-0.25, -0.2) is 0 Å². The normalized spacial score (nSPS) is 12.4. The monoisotopic (exact) mass is 477 g/mol. The quantitative estimate of drug-likeness (QED) is 0.136. The molecule has 2 atom stereocenters. The lowest BCUT2D eigenvalue weighted by Crippen LogP contribution is -2.52. The molecule has 0 aromatic heterocycles. The zero-order valence-electron chi connectivity index (χ0n) is 20.4. The molecule has 0 bridgehead atoms. The molecule has 0 aliphatic rings. The van der Waals surface area contributed by atoms with Gasteiger partial charge in [-0.2, -0.15) is 0 Å². The molecule has 9 heteroatoms. The van der Waals surface area contributed by atoms with Gasteiger partial charge in [-0.3, -0.25) is 19.2 Å². The molecular weight excluding hydrogens is 438 g/mol. The Balaban J connectivity index is 4.66. The van der Waals surface area contributed by atoms with Gasteiger partial charge in [-0.15, -0.1) is 12.8 Å². The number of hydrogen-bond acceptors (Lipinski definition) is 5. The fourth-order valence-corrected chi connectivity index (χ4v) is 4.23. The number of terminal acetylenes is 2. The lowest BCUT2D eigenvalue weighted by molar-refractivity contribution is -0.148. The van der Waals surface area contributed by atoms with Gasteiger partial charge in [0.1, 0.15) is 6.04 Å². The van der Waals surface area contributed by atoms with Gasteiger partial charge in [0.15, 0.2) is 0 Å². The van der Waals surface area contributed by atoms with Crippen molar-refractivity contribution in [2.24, 2.45) is 5.92 Å². The lowest BCUT2D eigenvalue weighted by Gasteiger charge is -2.21. The highest BCUT2D eigenvalue weighted by molar-refractivity contribution is 6.76. The van der Waals surface area contributed by atoms with Crippen molar-refractivity contribution in [3.05, 3.63) is 0 Å². The molecule has 0 saturated carbocycles. The molecule has 8 nitrogen and oxygen atoms in total. The predicted molar refractivity (Wildman–Crippen MR) is 132 cm³/mol. The van der Waals surface area contributed by atoms with Gasteiger partial charge >= 0.3 is 5.97 Å². The van der Waals surface area contributed by atoms with Gasteiger partial charge in [0.2, 0.25) is 17.7 Å². The molecular formula is C24H39N3O5Si. The number of hydrogen-bond donors (Lipinski definition) is 3. The summed E-state index contributed by atoms with van der Waals surface area (Å²) in [4.78, 5) is 48.2. The zero-order valence-corrected chi connectivity index (χ0v) is 21.4. The summed E-state index contributed by atoms with van der Waals surface area (Å²) in [5.41, 5.74) is 0. The van der Waals surface area contributed by atoms with E-state index in [0.29, 0.717) is 26.0 Å². The van der Waals surface area contributed by atoms with E-state index in [4.69, 9.17) is 17.6 Å². The highest BCUT2D eigenvalue weighted by Gasteiger charge is 2.24. The van der Waals surface area contributed by atoms with Crippen LogP contribution >= 0.6 is 0 Å². The molecule has 0 aromatic carbocycles. The molecule has 0 rings (SSSR count). The van der Waals surface area contributed by atoms with Crippen molar-refractivity contribution in [1.29, 1.82) is 0 Å². The lowest BCUT2D eigenvalue weighted by atomic mass is 9.99. The Kier molecular flexibility index (Phi) is 15.4. The summed E-state index contributed by atoms with van der Waals surface area (Å²) in [5.74, 6) is 2.82. The number of nitrogens with one attached hydrogen (secondary N) is 3. The second-order valence-electron chi connectivity index (χ2n) is 9.02. The topological polar surface area (TPSA) is 114 Å². The Morgan fingerprint density at radius 3 is 2.15 bits per heavy atom. The molecule has 0 radical (unpaired) electrons. The van der Waals surface area contributed by atoms with E-state index in [1.54, 1.807) is 6.92 Å². The van der Waals surface area contributed by atoms with E-state index >= 15 is 0 Å². The van der Waals surface area contributed by atoms with Crippen LogP contribution < -0.4 is 16.0 Å². The molecule has 3 amide bonds. The Morgan fingerprint density at radius 2 is 1.58 bits per heavy atom. The van der Waals surface area contributed by atoms with Crippen LogP contribution in [0.5, 0.6) is 0 Å². The van der Waals surface area contributed by atoms with E-state index in [2.05, 4.69) is 47.4 Å². The third kappa shape index (κ3) is 15.6. The van der Waals surface area contributed by atoms with E-state index < -0.39 is 31.8 Å². The van der Waals surface area contributed by atoms with Crippen LogP contribution in [0.4, 0.5) is 0 Å². The minimum Gasteiger partial charge on any atom is -0.466 e. The third-order valence-electron chi connectivity index (χ3n) is 4.82. The molecule has 0 fully saturated rings. The van der Waals surface area contributed by atoms with E-state index in [-0.39, 0.29) is 31.3 Å². The van der Waals surface area contributed by atoms with Gasteiger partial charge in [0.25, 0.3) is 0 Å². The summed E-state index contributed by atoms with van der Waals surface area (Å²) >= 11 is 0. The van der Waals surface area contributed by atoms with Crippen LogP contribution in [0.1, 0.15) is 45.4 Å². The van der Waals surface area contributed by atoms with Crippen LogP contribution in [-0.2, 0) is 23.9 Å². The Hall–Kier alpha value is -2.78. The number of rotatable bonds is 16. The molecule has 3 N–H and O–H groups in total. The first-order valence-electron chi connectivity index (χ1n) is 11.4. The summed E-state index contributed by atoms with van der Waals surface area (Å²) in [7, 11) is -1.26. The molecule has 0 aliphatic carbocycles. The van der Waals surface area contributed by atoms with E-state index in [0.717, 1.165) is 18.9 Å². The molecule has 0 heterocycles. The van der Waals surface area contributed by atoms with Crippen molar-refractivity contribution < 1.29 is 23.9 Å². The maximum absolute atomic E-state index is 12.5. The van der Waals surface area contributed by atoms with Gasteiger partial charge in [-0.05, 0) is 26.2 Å². The molecule has 0 spiro atoms. The van der Waals surface area contributed by atoms with Crippen LogP contribution in [0.15, 0.2) is 0 Å². The highest BCUT2D eigenvalue weighted by Crippen LogP contribution is 2.22. The number of carbonyl (C=O) groups excluding carboxylic acids is 4. The number of unbranched alkanes of at least 4 members (excludes halogenated alkanes) is 1. The van der Waals surface area contributed by atoms with Crippen LogP contribution in [-0.4, -0.2) is 57.5 Å². The van der Waals surface area contributed by atoms with Gasteiger partial charge < -0.3 is 20.7 Å². The second kappa shape index (κ2) is 16.8. The van der Waals surface area contributed by atoms with Crippen molar-refractivity contribution >= 4 is 31.8 Å². The minimum absolute atomic E-state index is 0.0930. The minimum atomic E-state index is -1.26. The average Bonchev–Trinajstić information content (AvgIpc) is 2.72. The third-order valence-corrected chi connectivity index (χ3v) is 6.61. The summed E-state index contributed by atoms with van der Waals surface area (Å²) in [6.45, 7) is 9.28. The van der Waals surface area contributed by atoms with Gasteiger partial charge in [0, 0.05) is 21.2 Å². The Morgan fingerprint density at radius 1 is 0.939 bits per heavy atom. The fourth-order valence-electron chi connectivity index (χ4n) is 3.02. The van der Waals surface area contributed by atoms with Gasteiger partial charge in [-0.1, -0.05) is 43.9 Å². The second-order valence-corrected chi connectivity index (χ2v) is 14.6. The summed E-state index contributed by atoms with van der Waals surface area (Å²) in [6, 6.07) is 0.0917. The van der Waals surface area contributed by atoms with E-state index in [1.807, 2.05) is 0 Å². The van der Waals surface area contributed by atoms with Crippen LogP contribution in [0.3, 0.4) is 0 Å². The summed E-state index contributed by atoms with van der Waals surface area (Å²) in [6.07, 6.45) is 12.9. The van der Waals surface area contributed by atoms with Crippen molar-refractivity contribution in [2.45, 2.75) is 77.2 Å². The Bertz CT molecular complexity index is 734. The smallest absolute Gasteiger partial charge is 0.308 e. The number of carbonyl (C=O) groups is 4. The maximum atomic E-state index is 12.5. The average molecular weight is 478 g/mol. The first-order chi connectivity index (χ1) is 15.5. The van der Waals surface area contributed by atoms with Crippen LogP contribution in [0, 0.1) is 30.6 Å². The van der Waals surface area contributed by atoms with Crippen molar-refractivity contribution in [3.8, 4) is 24.7 Å². The van der Waals surface area contributed by atoms with Crippen molar-refractivity contribution in [2.75, 3.05) is 19.7 Å². The molecule has 0 saturated heterocycles. The number of esters is 1. The Labute approximate surface area is 199 Å². The SMILES string of the molecule is C#CCC(=O)NCC(NC(=O)CC#C)C(=O)NCCCCC(CC[Si](C)(C)C)C(=O)OCC. The number of ether oxygens (including phenoxy) is 1. The molecule has 0 aromatic rings. The van der Waals surface area contributed by atoms with Crippen molar-refractivity contribution in [1.82, 2.24) is 16.0 Å². The van der Waals surface area contributed by atoms with E-state index in [1.165, 1.54) is 0 Å². The van der Waals surface area contributed by atoms with E-state index in [9.17, 15) is 19.2 Å². The molecule has 184 valence electrons. The highest BCUT2D eigenvalue weighted by atomic mass is 28.3. The van der Waals surface area contributed by atoms with Crippen LogP contribution in [0.25, 0.3) is 0 Å². The van der Waals surface area contributed by atoms with Gasteiger partial charge in [0.05, 0.1) is 25.4 Å². The fraction of sp³-hybridized carbons (Fsp3) is 0.667. The molecule has 0 aliphatic heterocycles. The first-order valence-corrected chi connectivity index (χ1v) is 15.1. The zero-order chi connectivity index (χ0) is 25.3. The summed E-state index contributed by atoms with van der Waals surface area (Å²) in [5, 5.41) is 7.80. The van der Waals surface area contributed by atoms with Crippen molar-refractivity contribution in [3.63, 3.8) is 0 Å². The standard InChI is InChI=1S/C24H39N3O5Si/c1-7-12-21(28)26-18-20(27-22(29)13-8-2)23(30)25-16-11-10-14-19(24(31)32-9-3)15-17-33(4,5)6/h1-2,19-20H,9-18H2,3-6H3,(H,25,30)(H,26,28)(H,27,29). The predicted octanol–water partition coefficient (Wildman–Crippen LogP) is 1.83.